The highest BCUT2D eigenvalue weighted by Crippen LogP contribution is 2.17. The molecular formula is C14H22N2O. The number of hydrogen-bond donors (Lipinski definition) is 2. The van der Waals surface area contributed by atoms with Crippen molar-refractivity contribution in [2.24, 2.45) is 0 Å². The van der Waals surface area contributed by atoms with Crippen LogP contribution in [0.25, 0.3) is 0 Å². The summed E-state index contributed by atoms with van der Waals surface area (Å²) in [7, 11) is 1.65. The second-order valence-corrected chi connectivity index (χ2v) is 4.24. The van der Waals surface area contributed by atoms with E-state index in [2.05, 4.69) is 24.5 Å². The van der Waals surface area contributed by atoms with Crippen LogP contribution in [0.2, 0.25) is 0 Å². The van der Waals surface area contributed by atoms with E-state index < -0.39 is 0 Å². The summed E-state index contributed by atoms with van der Waals surface area (Å²) in [5.74, 6) is -0.0402. The molecule has 0 heterocycles. The van der Waals surface area contributed by atoms with Gasteiger partial charge in [-0.25, -0.2) is 0 Å². The van der Waals surface area contributed by atoms with Gasteiger partial charge in [-0.15, -0.1) is 0 Å². The highest BCUT2D eigenvalue weighted by atomic mass is 16.1. The van der Waals surface area contributed by atoms with E-state index in [0.29, 0.717) is 5.56 Å². The van der Waals surface area contributed by atoms with Crippen molar-refractivity contribution in [3.05, 3.63) is 29.3 Å². The predicted octanol–water partition coefficient (Wildman–Crippen LogP) is 2.96. The van der Waals surface area contributed by atoms with Gasteiger partial charge in [-0.05, 0) is 31.0 Å². The summed E-state index contributed by atoms with van der Waals surface area (Å²) in [5.41, 5.74) is 2.94. The second-order valence-electron chi connectivity index (χ2n) is 4.24. The molecule has 0 fully saturated rings. The van der Waals surface area contributed by atoms with E-state index in [1.54, 1.807) is 7.05 Å². The first-order chi connectivity index (χ1) is 8.19. The first-order valence-electron chi connectivity index (χ1n) is 6.25. The molecular weight excluding hydrogens is 212 g/mol. The van der Waals surface area contributed by atoms with E-state index in [-0.39, 0.29) is 5.91 Å². The fourth-order valence-electron chi connectivity index (χ4n) is 1.70. The van der Waals surface area contributed by atoms with Gasteiger partial charge in [0, 0.05) is 24.8 Å². The second kappa shape index (κ2) is 6.94. The van der Waals surface area contributed by atoms with Gasteiger partial charge in [0.05, 0.1) is 0 Å². The Balaban J connectivity index is 2.66. The number of nitrogens with one attached hydrogen (secondary N) is 2. The zero-order valence-electron chi connectivity index (χ0n) is 11.0. The molecule has 0 radical (unpaired) electrons. The number of aryl methyl sites for hydroxylation is 1. The third kappa shape index (κ3) is 4.10. The molecule has 3 nitrogen and oxygen atoms in total. The number of amides is 1. The molecule has 0 saturated carbocycles. The van der Waals surface area contributed by atoms with E-state index in [0.717, 1.165) is 12.2 Å². The lowest BCUT2D eigenvalue weighted by molar-refractivity contribution is 0.0963. The number of anilines is 1. The Morgan fingerprint density at radius 3 is 2.71 bits per heavy atom. The minimum absolute atomic E-state index is 0.0402. The minimum Gasteiger partial charge on any atom is -0.385 e. The molecule has 0 spiro atoms. The van der Waals surface area contributed by atoms with Gasteiger partial charge in [-0.2, -0.15) is 0 Å². The summed E-state index contributed by atoms with van der Waals surface area (Å²) >= 11 is 0. The molecule has 1 aromatic carbocycles. The van der Waals surface area contributed by atoms with Crippen molar-refractivity contribution in [2.45, 2.75) is 33.1 Å². The Hall–Kier alpha value is -1.51. The molecule has 0 saturated heterocycles. The normalized spacial score (nSPS) is 10.1. The van der Waals surface area contributed by atoms with Crippen LogP contribution in [0.4, 0.5) is 5.69 Å². The average Bonchev–Trinajstić information content (AvgIpc) is 2.35. The number of benzene rings is 1. The van der Waals surface area contributed by atoms with Gasteiger partial charge in [0.2, 0.25) is 0 Å². The van der Waals surface area contributed by atoms with Crippen LogP contribution in [0.3, 0.4) is 0 Å². The summed E-state index contributed by atoms with van der Waals surface area (Å²) in [4.78, 5) is 11.5. The molecule has 0 aliphatic heterocycles. The fraction of sp³-hybridized carbons (Fsp3) is 0.500. The van der Waals surface area contributed by atoms with Gasteiger partial charge in [0.25, 0.3) is 5.91 Å². The zero-order chi connectivity index (χ0) is 12.7. The molecule has 2 N–H and O–H groups in total. The van der Waals surface area contributed by atoms with Gasteiger partial charge in [0.1, 0.15) is 0 Å². The Morgan fingerprint density at radius 1 is 1.29 bits per heavy atom. The zero-order valence-corrected chi connectivity index (χ0v) is 11.0. The number of hydrogen-bond acceptors (Lipinski definition) is 2. The number of rotatable bonds is 6. The lowest BCUT2D eigenvalue weighted by Gasteiger charge is -2.11. The molecule has 0 aliphatic carbocycles. The highest BCUT2D eigenvalue weighted by molar-refractivity contribution is 5.95. The first kappa shape index (κ1) is 13.6. The minimum atomic E-state index is -0.0402. The third-order valence-corrected chi connectivity index (χ3v) is 2.82. The fourth-order valence-corrected chi connectivity index (χ4v) is 1.70. The third-order valence-electron chi connectivity index (χ3n) is 2.82. The van der Waals surface area contributed by atoms with Crippen molar-refractivity contribution in [1.29, 1.82) is 0 Å². The lowest BCUT2D eigenvalue weighted by Crippen LogP contribution is -2.18. The molecule has 0 atom stereocenters. The van der Waals surface area contributed by atoms with Crippen LogP contribution in [0.15, 0.2) is 18.2 Å². The highest BCUT2D eigenvalue weighted by Gasteiger charge is 2.05. The molecule has 0 aromatic heterocycles. The summed E-state index contributed by atoms with van der Waals surface area (Å²) < 4.78 is 0. The van der Waals surface area contributed by atoms with Crippen molar-refractivity contribution < 1.29 is 4.79 Å². The standard InChI is InChI=1S/C14H22N2O/c1-4-5-6-9-16-13-10-12(14(17)15-3)8-7-11(13)2/h7-8,10,16H,4-6,9H2,1-3H3,(H,15,17). The summed E-state index contributed by atoms with van der Waals surface area (Å²) in [6.45, 7) is 5.21. The maximum absolute atomic E-state index is 11.5. The number of carbonyl (C=O) groups excluding carboxylic acids is 1. The van der Waals surface area contributed by atoms with E-state index >= 15 is 0 Å². The molecule has 0 aliphatic rings. The molecule has 0 unspecified atom stereocenters. The van der Waals surface area contributed by atoms with Gasteiger partial charge in [-0.3, -0.25) is 4.79 Å². The van der Waals surface area contributed by atoms with Crippen molar-refractivity contribution in [1.82, 2.24) is 5.32 Å². The lowest BCUT2D eigenvalue weighted by atomic mass is 10.1. The van der Waals surface area contributed by atoms with Crippen LogP contribution < -0.4 is 10.6 Å². The molecule has 1 amide bonds. The van der Waals surface area contributed by atoms with Crippen LogP contribution in [0.1, 0.15) is 42.1 Å². The van der Waals surface area contributed by atoms with Gasteiger partial charge in [0.15, 0.2) is 0 Å². The maximum Gasteiger partial charge on any atom is 0.251 e. The average molecular weight is 234 g/mol. The van der Waals surface area contributed by atoms with Crippen LogP contribution in [-0.4, -0.2) is 19.5 Å². The van der Waals surface area contributed by atoms with Crippen LogP contribution in [-0.2, 0) is 0 Å². The SMILES string of the molecule is CCCCCNc1cc(C(=O)NC)ccc1C. The molecule has 0 bridgehead atoms. The Morgan fingerprint density at radius 2 is 2.06 bits per heavy atom. The summed E-state index contributed by atoms with van der Waals surface area (Å²) in [6.07, 6.45) is 3.63. The number of carbonyl (C=O) groups is 1. The van der Waals surface area contributed by atoms with E-state index in [9.17, 15) is 4.79 Å². The van der Waals surface area contributed by atoms with Gasteiger partial charge >= 0.3 is 0 Å². The summed E-state index contributed by atoms with van der Waals surface area (Å²) in [6, 6.07) is 5.75. The number of unbranched alkanes of at least 4 members (excludes halogenated alkanes) is 2. The molecule has 94 valence electrons. The summed E-state index contributed by atoms with van der Waals surface area (Å²) in [5, 5.41) is 6.02. The van der Waals surface area contributed by atoms with Crippen LogP contribution in [0, 0.1) is 6.92 Å². The first-order valence-corrected chi connectivity index (χ1v) is 6.25. The topological polar surface area (TPSA) is 41.1 Å². The van der Waals surface area contributed by atoms with Gasteiger partial charge in [-0.1, -0.05) is 25.8 Å². The predicted molar refractivity (Wildman–Crippen MR) is 72.6 cm³/mol. The molecule has 1 aromatic rings. The Bertz CT molecular complexity index is 374. The van der Waals surface area contributed by atoms with Crippen molar-refractivity contribution in [3.8, 4) is 0 Å². The largest absolute Gasteiger partial charge is 0.385 e. The van der Waals surface area contributed by atoms with Crippen LogP contribution >= 0.6 is 0 Å². The van der Waals surface area contributed by atoms with E-state index in [1.807, 2.05) is 18.2 Å². The van der Waals surface area contributed by atoms with Crippen molar-refractivity contribution >= 4 is 11.6 Å². The Labute approximate surface area is 104 Å². The molecule has 1 rings (SSSR count). The smallest absolute Gasteiger partial charge is 0.251 e. The van der Waals surface area contributed by atoms with E-state index in [4.69, 9.17) is 0 Å². The monoisotopic (exact) mass is 234 g/mol. The van der Waals surface area contributed by atoms with Crippen LogP contribution in [0.5, 0.6) is 0 Å². The molecule has 3 heteroatoms. The van der Waals surface area contributed by atoms with Crippen molar-refractivity contribution in [2.75, 3.05) is 18.9 Å². The van der Waals surface area contributed by atoms with E-state index in [1.165, 1.54) is 24.8 Å². The molecule has 17 heavy (non-hydrogen) atoms. The quantitative estimate of drug-likeness (QED) is 0.743. The maximum atomic E-state index is 11.5. The van der Waals surface area contributed by atoms with Gasteiger partial charge < -0.3 is 10.6 Å². The van der Waals surface area contributed by atoms with Crippen molar-refractivity contribution in [3.63, 3.8) is 0 Å². The Kier molecular flexibility index (Phi) is 5.53.